The van der Waals surface area contributed by atoms with Gasteiger partial charge in [0, 0.05) is 6.42 Å². The molecule has 0 aromatic carbocycles. The van der Waals surface area contributed by atoms with Crippen molar-refractivity contribution < 1.29 is 19.8 Å². The van der Waals surface area contributed by atoms with Crippen LogP contribution in [0.2, 0.25) is 0 Å². The third-order valence-corrected chi connectivity index (χ3v) is 1.80. The van der Waals surface area contributed by atoms with Crippen LogP contribution in [0.15, 0.2) is 0 Å². The fourth-order valence-corrected chi connectivity index (χ4v) is 0.926. The molecule has 0 rings (SSSR count). The molecule has 6 nitrogen and oxygen atoms in total. The number of carboxylic acid groups (broad SMARTS) is 2. The summed E-state index contributed by atoms with van der Waals surface area (Å²) in [6, 6.07) is 0. The molecule has 0 bridgehead atoms. The van der Waals surface area contributed by atoms with Crippen LogP contribution in [0.4, 0.5) is 0 Å². The quantitative estimate of drug-likeness (QED) is 0.424. The van der Waals surface area contributed by atoms with Crippen LogP contribution < -0.4 is 11.5 Å². The van der Waals surface area contributed by atoms with Gasteiger partial charge in [-0.05, 0) is 19.4 Å². The molecule has 0 amide bonds. The summed E-state index contributed by atoms with van der Waals surface area (Å²) in [6.07, 6.45) is -0.284. The lowest BCUT2D eigenvalue weighted by molar-refractivity contribution is -0.144. The number of carbonyl (C=O) groups is 2. The first-order valence-corrected chi connectivity index (χ1v) is 3.86. The normalized spacial score (nSPS) is 14.9. The molecule has 0 aliphatic carbocycles. The summed E-state index contributed by atoms with van der Waals surface area (Å²) in [7, 11) is 0. The van der Waals surface area contributed by atoms with Crippen molar-refractivity contribution in [2.45, 2.75) is 24.8 Å². The van der Waals surface area contributed by atoms with E-state index >= 15 is 0 Å². The molecule has 0 spiro atoms. The Hall–Kier alpha value is -1.14. The van der Waals surface area contributed by atoms with Crippen LogP contribution in [0, 0.1) is 0 Å². The molecule has 0 saturated carbocycles. The first kappa shape index (κ1) is 11.9. The van der Waals surface area contributed by atoms with Gasteiger partial charge in [0.1, 0.15) is 5.54 Å². The van der Waals surface area contributed by atoms with E-state index in [1.165, 1.54) is 0 Å². The number of hydrogen-bond donors (Lipinski definition) is 4. The first-order valence-electron chi connectivity index (χ1n) is 3.86. The molecule has 6 N–H and O–H groups in total. The van der Waals surface area contributed by atoms with Crippen LogP contribution in [-0.4, -0.2) is 34.2 Å². The molecule has 0 aromatic heterocycles. The summed E-state index contributed by atoms with van der Waals surface area (Å²) < 4.78 is 0. The molecule has 76 valence electrons. The SMILES string of the molecule is NCCC(N)(CCC(=O)O)C(=O)O. The van der Waals surface area contributed by atoms with Crippen molar-refractivity contribution in [2.75, 3.05) is 6.54 Å². The highest BCUT2D eigenvalue weighted by molar-refractivity contribution is 5.79. The van der Waals surface area contributed by atoms with Gasteiger partial charge in [-0.1, -0.05) is 0 Å². The zero-order valence-corrected chi connectivity index (χ0v) is 7.19. The van der Waals surface area contributed by atoms with Crippen molar-refractivity contribution in [1.82, 2.24) is 0 Å². The van der Waals surface area contributed by atoms with Crippen molar-refractivity contribution >= 4 is 11.9 Å². The number of carboxylic acids is 2. The predicted molar refractivity (Wildman–Crippen MR) is 45.1 cm³/mol. The van der Waals surface area contributed by atoms with Gasteiger partial charge in [-0.3, -0.25) is 9.59 Å². The second-order valence-corrected chi connectivity index (χ2v) is 2.89. The lowest BCUT2D eigenvalue weighted by atomic mass is 9.91. The topological polar surface area (TPSA) is 127 Å². The first-order chi connectivity index (χ1) is 5.92. The zero-order valence-electron chi connectivity index (χ0n) is 7.19. The number of aliphatic carboxylic acids is 2. The Kier molecular flexibility index (Phi) is 4.36. The van der Waals surface area contributed by atoms with Gasteiger partial charge in [0.05, 0.1) is 0 Å². The fourth-order valence-electron chi connectivity index (χ4n) is 0.926. The van der Waals surface area contributed by atoms with Gasteiger partial charge >= 0.3 is 11.9 Å². The highest BCUT2D eigenvalue weighted by atomic mass is 16.4. The summed E-state index contributed by atoms with van der Waals surface area (Å²) in [5, 5.41) is 17.1. The minimum atomic E-state index is -1.51. The Balaban J connectivity index is 4.24. The second kappa shape index (κ2) is 4.78. The smallest absolute Gasteiger partial charge is 0.323 e. The van der Waals surface area contributed by atoms with Crippen molar-refractivity contribution in [3.05, 3.63) is 0 Å². The van der Waals surface area contributed by atoms with Crippen LogP contribution in [0.25, 0.3) is 0 Å². The van der Waals surface area contributed by atoms with E-state index in [-0.39, 0.29) is 25.8 Å². The summed E-state index contributed by atoms with van der Waals surface area (Å²) in [4.78, 5) is 20.8. The van der Waals surface area contributed by atoms with Crippen molar-refractivity contribution in [1.29, 1.82) is 0 Å². The maximum atomic E-state index is 10.7. The van der Waals surface area contributed by atoms with Crippen molar-refractivity contribution in [3.8, 4) is 0 Å². The van der Waals surface area contributed by atoms with E-state index in [1.807, 2.05) is 0 Å². The summed E-state index contributed by atoms with van der Waals surface area (Å²) >= 11 is 0. The van der Waals surface area contributed by atoms with Gasteiger partial charge in [-0.2, -0.15) is 0 Å². The third-order valence-electron chi connectivity index (χ3n) is 1.80. The molecule has 0 aliphatic rings. The van der Waals surface area contributed by atoms with Gasteiger partial charge in [-0.25, -0.2) is 0 Å². The van der Waals surface area contributed by atoms with Crippen LogP contribution in [-0.2, 0) is 9.59 Å². The highest BCUT2D eigenvalue weighted by Crippen LogP contribution is 2.13. The Morgan fingerprint density at radius 2 is 1.77 bits per heavy atom. The molecule has 0 saturated heterocycles. The maximum absolute atomic E-state index is 10.7. The van der Waals surface area contributed by atoms with Crippen molar-refractivity contribution in [3.63, 3.8) is 0 Å². The van der Waals surface area contributed by atoms with Gasteiger partial charge in [0.2, 0.25) is 0 Å². The van der Waals surface area contributed by atoms with E-state index in [9.17, 15) is 9.59 Å². The summed E-state index contributed by atoms with van der Waals surface area (Å²) in [6.45, 7) is 0.127. The fraction of sp³-hybridized carbons (Fsp3) is 0.714. The zero-order chi connectivity index (χ0) is 10.5. The largest absolute Gasteiger partial charge is 0.481 e. The number of nitrogens with two attached hydrogens (primary N) is 2. The van der Waals surface area contributed by atoms with E-state index in [4.69, 9.17) is 21.7 Å². The third kappa shape index (κ3) is 3.86. The molecule has 13 heavy (non-hydrogen) atoms. The molecular weight excluding hydrogens is 176 g/mol. The van der Waals surface area contributed by atoms with E-state index in [1.54, 1.807) is 0 Å². The average molecular weight is 190 g/mol. The van der Waals surface area contributed by atoms with E-state index < -0.39 is 17.5 Å². The molecule has 0 aliphatic heterocycles. The molecule has 1 atom stereocenters. The van der Waals surface area contributed by atoms with Crippen molar-refractivity contribution in [2.24, 2.45) is 11.5 Å². The number of rotatable bonds is 6. The Morgan fingerprint density at radius 3 is 2.08 bits per heavy atom. The van der Waals surface area contributed by atoms with E-state index in [0.29, 0.717) is 0 Å². The lowest BCUT2D eigenvalue weighted by Gasteiger charge is -2.22. The molecule has 0 fully saturated rings. The maximum Gasteiger partial charge on any atom is 0.323 e. The Morgan fingerprint density at radius 1 is 1.23 bits per heavy atom. The molecular formula is C7H14N2O4. The Bertz CT molecular complexity index is 207. The van der Waals surface area contributed by atoms with Gasteiger partial charge in [0.15, 0.2) is 0 Å². The van der Waals surface area contributed by atoms with E-state index in [0.717, 1.165) is 0 Å². The highest BCUT2D eigenvalue weighted by Gasteiger charge is 2.33. The van der Waals surface area contributed by atoms with Crippen LogP contribution in [0.1, 0.15) is 19.3 Å². The van der Waals surface area contributed by atoms with Crippen LogP contribution in [0.3, 0.4) is 0 Å². The molecule has 1 unspecified atom stereocenters. The minimum absolute atomic E-state index is 0.0790. The molecule has 0 radical (unpaired) electrons. The van der Waals surface area contributed by atoms with E-state index in [2.05, 4.69) is 0 Å². The van der Waals surface area contributed by atoms with Gasteiger partial charge < -0.3 is 21.7 Å². The predicted octanol–water partition coefficient (Wildman–Crippen LogP) is -1.02. The molecule has 6 heteroatoms. The monoisotopic (exact) mass is 190 g/mol. The average Bonchev–Trinajstić information content (AvgIpc) is 2.01. The van der Waals surface area contributed by atoms with Gasteiger partial charge in [-0.15, -0.1) is 0 Å². The van der Waals surface area contributed by atoms with Crippen LogP contribution >= 0.6 is 0 Å². The standard InChI is InChI=1S/C7H14N2O4/c8-4-3-7(9,6(12)13)2-1-5(10)11/h1-4,8-9H2,(H,10,11)(H,12,13). The lowest BCUT2D eigenvalue weighted by Crippen LogP contribution is -2.49. The van der Waals surface area contributed by atoms with Crippen LogP contribution in [0.5, 0.6) is 0 Å². The summed E-state index contributed by atoms with van der Waals surface area (Å²) in [5.41, 5.74) is 9.12. The molecule has 0 heterocycles. The Labute approximate surface area is 75.5 Å². The summed E-state index contributed by atoms with van der Waals surface area (Å²) in [5.74, 6) is -2.27. The minimum Gasteiger partial charge on any atom is -0.481 e. The van der Waals surface area contributed by atoms with Gasteiger partial charge in [0.25, 0.3) is 0 Å². The number of hydrogen-bond acceptors (Lipinski definition) is 4. The second-order valence-electron chi connectivity index (χ2n) is 2.89. The molecule has 0 aromatic rings.